The number of nitrogen functional groups attached to an aromatic ring is 2. The van der Waals surface area contributed by atoms with E-state index in [1.54, 1.807) is 48.5 Å². The van der Waals surface area contributed by atoms with Gasteiger partial charge in [0.05, 0.1) is 0 Å². The molecule has 2 aromatic rings. The monoisotopic (exact) mass is 316 g/mol. The Morgan fingerprint density at radius 3 is 1.39 bits per heavy atom. The Kier molecular flexibility index (Phi) is 5.54. The summed E-state index contributed by atoms with van der Waals surface area (Å²) in [5, 5.41) is 0. The van der Waals surface area contributed by atoms with Gasteiger partial charge in [-0.3, -0.25) is 0 Å². The van der Waals surface area contributed by atoms with Gasteiger partial charge in [-0.1, -0.05) is 0 Å². The third-order valence-electron chi connectivity index (χ3n) is 2.66. The summed E-state index contributed by atoms with van der Waals surface area (Å²) in [5.74, 6) is -0.570. The second kappa shape index (κ2) is 7.81. The fourth-order valence-electron chi connectivity index (χ4n) is 1.61. The maximum Gasteiger partial charge on any atom is 0.337 e. The van der Waals surface area contributed by atoms with Crippen LogP contribution >= 0.6 is 0 Å². The van der Waals surface area contributed by atoms with E-state index in [4.69, 9.17) is 25.7 Å². The topological polar surface area (TPSA) is 114 Å². The van der Waals surface area contributed by atoms with E-state index < -0.39 is 11.9 Å². The van der Waals surface area contributed by atoms with Crippen LogP contribution in [0.25, 0.3) is 0 Å². The van der Waals surface area contributed by atoms with Gasteiger partial charge in [-0.15, -0.1) is 0 Å². The van der Waals surface area contributed by atoms with Crippen LogP contribution in [0.2, 0.25) is 0 Å². The summed E-state index contributed by atoms with van der Waals surface area (Å²) in [4.78, 5) is 23.1. The van der Waals surface area contributed by atoms with Gasteiger partial charge in [0.25, 0.3) is 0 Å². The first-order valence-electron chi connectivity index (χ1n) is 6.73. The summed E-state index contributed by atoms with van der Waals surface area (Å²) in [6.45, 7) is -0.748. The van der Waals surface area contributed by atoms with E-state index in [-0.39, 0.29) is 13.2 Å². The standard InChI is InChI=1S/C16H16N2O5/c17-11-1-5-13(6-2-11)22-15(19)9-21-10-16(20)23-14-7-3-12(18)4-8-14/h1-8H,9-10,17-18H2. The molecule has 120 valence electrons. The Morgan fingerprint density at radius 1 is 0.696 bits per heavy atom. The molecule has 2 aromatic carbocycles. The number of benzene rings is 2. The molecule has 7 heteroatoms. The zero-order valence-electron chi connectivity index (χ0n) is 12.2. The highest BCUT2D eigenvalue weighted by Gasteiger charge is 2.09. The molecule has 0 amide bonds. The minimum absolute atomic E-state index is 0.345. The first kappa shape index (κ1) is 16.3. The third kappa shape index (κ3) is 5.68. The predicted octanol–water partition coefficient (Wildman–Crippen LogP) is 1.38. The van der Waals surface area contributed by atoms with E-state index >= 15 is 0 Å². The molecular formula is C16H16N2O5. The van der Waals surface area contributed by atoms with Gasteiger partial charge < -0.3 is 25.7 Å². The van der Waals surface area contributed by atoms with Crippen molar-refractivity contribution in [3.8, 4) is 11.5 Å². The Bertz CT molecular complexity index is 608. The first-order valence-corrected chi connectivity index (χ1v) is 6.73. The Labute approximate surface area is 132 Å². The smallest absolute Gasteiger partial charge is 0.337 e. The summed E-state index contributed by atoms with van der Waals surface area (Å²) >= 11 is 0. The zero-order chi connectivity index (χ0) is 16.7. The maximum absolute atomic E-state index is 11.5. The second-order valence-corrected chi connectivity index (χ2v) is 4.58. The van der Waals surface area contributed by atoms with Crippen LogP contribution < -0.4 is 20.9 Å². The maximum atomic E-state index is 11.5. The molecule has 0 radical (unpaired) electrons. The molecule has 0 atom stereocenters. The molecular weight excluding hydrogens is 300 g/mol. The molecule has 4 N–H and O–H groups in total. The largest absolute Gasteiger partial charge is 0.425 e. The minimum atomic E-state index is -0.630. The van der Waals surface area contributed by atoms with E-state index in [0.717, 1.165) is 0 Å². The Morgan fingerprint density at radius 2 is 1.04 bits per heavy atom. The molecule has 0 spiro atoms. The van der Waals surface area contributed by atoms with Crippen LogP contribution in [0.15, 0.2) is 48.5 Å². The summed E-state index contributed by atoms with van der Waals surface area (Å²) in [6, 6.07) is 12.7. The van der Waals surface area contributed by atoms with Gasteiger partial charge in [0, 0.05) is 11.4 Å². The SMILES string of the molecule is Nc1ccc(OC(=O)COCC(=O)Oc2ccc(N)cc2)cc1. The molecule has 23 heavy (non-hydrogen) atoms. The van der Waals surface area contributed by atoms with Gasteiger partial charge in [0.2, 0.25) is 0 Å². The number of hydrogen-bond acceptors (Lipinski definition) is 7. The molecule has 2 rings (SSSR count). The van der Waals surface area contributed by atoms with Crippen LogP contribution in [0.5, 0.6) is 11.5 Å². The van der Waals surface area contributed by atoms with Crippen molar-refractivity contribution >= 4 is 23.3 Å². The summed E-state index contributed by atoms with van der Waals surface area (Å²) in [5.41, 5.74) is 12.2. The summed E-state index contributed by atoms with van der Waals surface area (Å²) in [7, 11) is 0. The zero-order valence-corrected chi connectivity index (χ0v) is 12.2. The molecule has 7 nitrogen and oxygen atoms in total. The number of carbonyl (C=O) groups is 2. The molecule has 0 aliphatic heterocycles. The van der Waals surface area contributed by atoms with Gasteiger partial charge in [0.15, 0.2) is 0 Å². The quantitative estimate of drug-likeness (QED) is 0.470. The second-order valence-electron chi connectivity index (χ2n) is 4.58. The number of rotatable bonds is 6. The van der Waals surface area contributed by atoms with Crippen LogP contribution in [-0.4, -0.2) is 25.2 Å². The molecule has 0 fully saturated rings. The normalized spacial score (nSPS) is 10.1. The van der Waals surface area contributed by atoms with Gasteiger partial charge in [-0.05, 0) is 48.5 Å². The van der Waals surface area contributed by atoms with Crippen LogP contribution in [0.1, 0.15) is 0 Å². The molecule has 0 saturated carbocycles. The van der Waals surface area contributed by atoms with Crippen LogP contribution in [0.4, 0.5) is 11.4 Å². The van der Waals surface area contributed by atoms with Crippen molar-refractivity contribution in [3.05, 3.63) is 48.5 Å². The molecule has 0 aliphatic carbocycles. The van der Waals surface area contributed by atoms with Crippen molar-refractivity contribution in [2.24, 2.45) is 0 Å². The van der Waals surface area contributed by atoms with Crippen LogP contribution in [0.3, 0.4) is 0 Å². The van der Waals surface area contributed by atoms with Gasteiger partial charge >= 0.3 is 11.9 Å². The van der Waals surface area contributed by atoms with Crippen molar-refractivity contribution in [1.29, 1.82) is 0 Å². The minimum Gasteiger partial charge on any atom is -0.425 e. The van der Waals surface area contributed by atoms with E-state index in [9.17, 15) is 9.59 Å². The van der Waals surface area contributed by atoms with Gasteiger partial charge in [0.1, 0.15) is 24.7 Å². The van der Waals surface area contributed by atoms with Crippen molar-refractivity contribution < 1.29 is 23.8 Å². The fraction of sp³-hybridized carbons (Fsp3) is 0.125. The number of carbonyl (C=O) groups excluding carboxylic acids is 2. The first-order chi connectivity index (χ1) is 11.0. The average Bonchev–Trinajstić information content (AvgIpc) is 2.52. The van der Waals surface area contributed by atoms with E-state index in [0.29, 0.717) is 22.9 Å². The highest BCUT2D eigenvalue weighted by Crippen LogP contribution is 2.14. The number of nitrogens with two attached hydrogens (primary N) is 2. The van der Waals surface area contributed by atoms with Crippen molar-refractivity contribution in [2.75, 3.05) is 24.7 Å². The molecule has 0 heterocycles. The number of hydrogen-bond donors (Lipinski definition) is 2. The lowest BCUT2D eigenvalue weighted by Gasteiger charge is -2.06. The fourth-order valence-corrected chi connectivity index (χ4v) is 1.61. The Hall–Kier alpha value is -3.06. The van der Waals surface area contributed by atoms with E-state index in [1.165, 1.54) is 0 Å². The molecule has 0 saturated heterocycles. The molecule has 0 bridgehead atoms. The summed E-state index contributed by atoms with van der Waals surface area (Å²) < 4.78 is 14.9. The average molecular weight is 316 g/mol. The highest BCUT2D eigenvalue weighted by atomic mass is 16.6. The van der Waals surface area contributed by atoms with Gasteiger partial charge in [-0.25, -0.2) is 9.59 Å². The van der Waals surface area contributed by atoms with Crippen molar-refractivity contribution in [1.82, 2.24) is 0 Å². The predicted molar refractivity (Wildman–Crippen MR) is 83.8 cm³/mol. The lowest BCUT2D eigenvalue weighted by atomic mass is 10.3. The van der Waals surface area contributed by atoms with Crippen LogP contribution in [-0.2, 0) is 14.3 Å². The molecule has 0 aliphatic rings. The van der Waals surface area contributed by atoms with Crippen LogP contribution in [0, 0.1) is 0 Å². The summed E-state index contributed by atoms with van der Waals surface area (Å²) in [6.07, 6.45) is 0. The molecule has 0 unspecified atom stereocenters. The Balaban J connectivity index is 1.69. The number of anilines is 2. The van der Waals surface area contributed by atoms with E-state index in [2.05, 4.69) is 0 Å². The molecule has 0 aromatic heterocycles. The number of ether oxygens (including phenoxy) is 3. The van der Waals surface area contributed by atoms with E-state index in [1.807, 2.05) is 0 Å². The van der Waals surface area contributed by atoms with Gasteiger partial charge in [-0.2, -0.15) is 0 Å². The third-order valence-corrected chi connectivity index (χ3v) is 2.66. The highest BCUT2D eigenvalue weighted by molar-refractivity contribution is 5.76. The lowest BCUT2D eigenvalue weighted by Crippen LogP contribution is -2.21. The lowest BCUT2D eigenvalue weighted by molar-refractivity contribution is -0.145. The number of esters is 2. The van der Waals surface area contributed by atoms with Crippen molar-refractivity contribution in [2.45, 2.75) is 0 Å². The van der Waals surface area contributed by atoms with Crippen molar-refractivity contribution in [3.63, 3.8) is 0 Å².